The number of hydrogen-bond acceptors (Lipinski definition) is 8. The SMILES string of the molecule is O=C1c2ccccc2C(=O)N1CCCCCCOC1C(O)[C@@H](CO)O[C@H]1n1ccc(=O)[nH]c1=O. The van der Waals surface area contributed by atoms with Crippen LogP contribution in [-0.2, 0) is 9.47 Å². The quantitative estimate of drug-likeness (QED) is 0.323. The highest BCUT2D eigenvalue weighted by Gasteiger charge is 2.45. The van der Waals surface area contributed by atoms with E-state index in [9.17, 15) is 29.4 Å². The van der Waals surface area contributed by atoms with Crippen LogP contribution in [0.4, 0.5) is 0 Å². The lowest BCUT2D eigenvalue weighted by atomic mass is 10.1. The molecule has 2 unspecified atom stereocenters. The van der Waals surface area contributed by atoms with Crippen LogP contribution in [-0.4, -0.2) is 74.5 Å². The van der Waals surface area contributed by atoms with E-state index < -0.39 is 42.4 Å². The van der Waals surface area contributed by atoms with Crippen LogP contribution >= 0.6 is 0 Å². The van der Waals surface area contributed by atoms with Crippen LogP contribution in [0.25, 0.3) is 0 Å². The molecular weight excluding hydrogens is 446 g/mol. The topological polar surface area (TPSA) is 151 Å². The Morgan fingerprint density at radius 2 is 1.65 bits per heavy atom. The average Bonchev–Trinajstić information content (AvgIpc) is 3.27. The second-order valence-corrected chi connectivity index (χ2v) is 8.31. The number of nitrogens with zero attached hydrogens (tertiary/aromatic N) is 2. The Kier molecular flexibility index (Phi) is 7.37. The predicted octanol–water partition coefficient (Wildman–Crippen LogP) is 0.0290. The molecule has 182 valence electrons. The first-order valence-electron chi connectivity index (χ1n) is 11.2. The first-order valence-corrected chi connectivity index (χ1v) is 11.2. The summed E-state index contributed by atoms with van der Waals surface area (Å²) >= 11 is 0. The van der Waals surface area contributed by atoms with Crippen molar-refractivity contribution in [2.24, 2.45) is 0 Å². The molecule has 1 fully saturated rings. The number of carbonyl (C=O) groups excluding carboxylic acids is 2. The molecule has 0 aliphatic carbocycles. The molecule has 2 aliphatic heterocycles. The van der Waals surface area contributed by atoms with Crippen molar-refractivity contribution in [3.8, 4) is 0 Å². The highest BCUT2D eigenvalue weighted by Crippen LogP contribution is 2.31. The smallest absolute Gasteiger partial charge is 0.330 e. The number of aromatic nitrogens is 2. The molecule has 4 atom stereocenters. The molecule has 11 nitrogen and oxygen atoms in total. The molecule has 1 saturated heterocycles. The predicted molar refractivity (Wildman–Crippen MR) is 118 cm³/mol. The number of fused-ring (bicyclic) bond motifs is 1. The number of nitrogens with one attached hydrogen (secondary N) is 1. The number of benzene rings is 1. The summed E-state index contributed by atoms with van der Waals surface area (Å²) in [7, 11) is 0. The van der Waals surface area contributed by atoms with E-state index >= 15 is 0 Å². The summed E-state index contributed by atoms with van der Waals surface area (Å²) in [5.74, 6) is -0.526. The molecule has 0 spiro atoms. The fourth-order valence-electron chi connectivity index (χ4n) is 4.29. The zero-order valence-corrected chi connectivity index (χ0v) is 18.5. The Bertz CT molecular complexity index is 1120. The highest BCUT2D eigenvalue weighted by molar-refractivity contribution is 6.21. The van der Waals surface area contributed by atoms with Gasteiger partial charge in [-0.05, 0) is 25.0 Å². The Labute approximate surface area is 194 Å². The third-order valence-corrected chi connectivity index (χ3v) is 6.08. The van der Waals surface area contributed by atoms with E-state index in [1.54, 1.807) is 24.3 Å². The lowest BCUT2D eigenvalue weighted by Crippen LogP contribution is -2.39. The summed E-state index contributed by atoms with van der Waals surface area (Å²) in [6.07, 6.45) is 0.113. The number of carbonyl (C=O) groups is 2. The van der Waals surface area contributed by atoms with Crippen LogP contribution in [0.5, 0.6) is 0 Å². The summed E-state index contributed by atoms with van der Waals surface area (Å²) < 4.78 is 12.5. The minimum absolute atomic E-state index is 0.263. The second kappa shape index (κ2) is 10.4. The number of aromatic amines is 1. The van der Waals surface area contributed by atoms with Crippen molar-refractivity contribution in [2.45, 2.75) is 50.2 Å². The Balaban J connectivity index is 1.23. The fourth-order valence-corrected chi connectivity index (χ4v) is 4.29. The number of unbranched alkanes of at least 4 members (excludes halogenated alkanes) is 3. The first-order chi connectivity index (χ1) is 16.4. The molecule has 0 saturated carbocycles. The number of H-pyrrole nitrogens is 1. The number of aliphatic hydroxyl groups is 2. The van der Waals surface area contributed by atoms with Gasteiger partial charge in [0.15, 0.2) is 6.23 Å². The molecule has 2 aromatic rings. The molecule has 0 radical (unpaired) electrons. The minimum atomic E-state index is -1.15. The monoisotopic (exact) mass is 473 g/mol. The van der Waals surface area contributed by atoms with Crippen molar-refractivity contribution in [1.82, 2.24) is 14.5 Å². The van der Waals surface area contributed by atoms with Gasteiger partial charge in [0.1, 0.15) is 18.3 Å². The average molecular weight is 473 g/mol. The van der Waals surface area contributed by atoms with Gasteiger partial charge in [0.05, 0.1) is 17.7 Å². The van der Waals surface area contributed by atoms with Crippen molar-refractivity contribution in [2.75, 3.05) is 19.8 Å². The largest absolute Gasteiger partial charge is 0.394 e. The zero-order chi connectivity index (χ0) is 24.2. The maximum Gasteiger partial charge on any atom is 0.330 e. The van der Waals surface area contributed by atoms with E-state index in [1.807, 2.05) is 0 Å². The Hall–Kier alpha value is -3.12. The maximum atomic E-state index is 12.4. The molecule has 2 aliphatic rings. The number of ether oxygens (including phenoxy) is 2. The van der Waals surface area contributed by atoms with Gasteiger partial charge in [-0.25, -0.2) is 4.79 Å². The minimum Gasteiger partial charge on any atom is -0.394 e. The highest BCUT2D eigenvalue weighted by atomic mass is 16.6. The summed E-state index contributed by atoms with van der Waals surface area (Å²) in [6, 6.07) is 7.95. The van der Waals surface area contributed by atoms with E-state index in [0.717, 1.165) is 23.5 Å². The van der Waals surface area contributed by atoms with Crippen molar-refractivity contribution in [3.63, 3.8) is 0 Å². The third kappa shape index (κ3) is 4.73. The van der Waals surface area contributed by atoms with Crippen LogP contribution in [0.15, 0.2) is 46.1 Å². The van der Waals surface area contributed by atoms with Crippen molar-refractivity contribution >= 4 is 11.8 Å². The Morgan fingerprint density at radius 1 is 0.971 bits per heavy atom. The van der Waals surface area contributed by atoms with Crippen LogP contribution < -0.4 is 11.2 Å². The molecule has 2 amide bonds. The molecule has 3 heterocycles. The van der Waals surface area contributed by atoms with Gasteiger partial charge in [-0.15, -0.1) is 0 Å². The number of imide groups is 1. The number of rotatable bonds is 10. The van der Waals surface area contributed by atoms with Gasteiger partial charge in [-0.3, -0.25) is 28.8 Å². The van der Waals surface area contributed by atoms with Gasteiger partial charge >= 0.3 is 5.69 Å². The van der Waals surface area contributed by atoms with Crippen LogP contribution in [0.3, 0.4) is 0 Å². The molecule has 4 rings (SSSR count). The van der Waals surface area contributed by atoms with E-state index in [-0.39, 0.29) is 18.4 Å². The van der Waals surface area contributed by atoms with E-state index in [2.05, 4.69) is 4.98 Å². The summed E-state index contributed by atoms with van der Waals surface area (Å²) in [5, 5.41) is 19.9. The molecule has 0 bridgehead atoms. The number of hydrogen-bond donors (Lipinski definition) is 3. The lowest BCUT2D eigenvalue weighted by molar-refractivity contribution is -0.0749. The Morgan fingerprint density at radius 3 is 2.29 bits per heavy atom. The summed E-state index contributed by atoms with van der Waals surface area (Å²) in [6.45, 7) is 0.163. The maximum absolute atomic E-state index is 12.4. The van der Waals surface area contributed by atoms with Gasteiger partial charge in [-0.2, -0.15) is 0 Å². The standard InChI is InChI=1S/C23H27N3O8/c27-13-16-18(29)19(22(34-16)26-11-9-17(28)24-23(26)32)33-12-6-2-1-5-10-25-20(30)14-7-3-4-8-15(14)21(25)31/h3-4,7-9,11,16,18-19,22,27,29H,1-2,5-6,10,12-13H2,(H,24,28,32)/t16-,18?,19?,22-/m1/s1. The zero-order valence-electron chi connectivity index (χ0n) is 18.5. The molecular formula is C23H27N3O8. The number of amides is 2. The van der Waals surface area contributed by atoms with Gasteiger partial charge in [0.2, 0.25) is 0 Å². The molecule has 1 aromatic carbocycles. The van der Waals surface area contributed by atoms with Crippen LogP contribution in [0, 0.1) is 0 Å². The van der Waals surface area contributed by atoms with Crippen LogP contribution in [0.2, 0.25) is 0 Å². The molecule has 11 heteroatoms. The van der Waals surface area contributed by atoms with Crippen molar-refractivity contribution in [1.29, 1.82) is 0 Å². The first kappa shape index (κ1) is 24.0. The van der Waals surface area contributed by atoms with Crippen LogP contribution in [0.1, 0.15) is 52.6 Å². The summed E-state index contributed by atoms with van der Waals surface area (Å²) in [4.78, 5) is 51.6. The normalized spacial score (nSPS) is 24.1. The lowest BCUT2D eigenvalue weighted by Gasteiger charge is -2.22. The second-order valence-electron chi connectivity index (χ2n) is 8.31. The van der Waals surface area contributed by atoms with E-state index in [0.29, 0.717) is 30.5 Å². The number of aliphatic hydroxyl groups excluding tert-OH is 2. The fraction of sp³-hybridized carbons (Fsp3) is 0.478. The van der Waals surface area contributed by atoms with E-state index in [4.69, 9.17) is 9.47 Å². The van der Waals surface area contributed by atoms with Gasteiger partial charge in [0, 0.05) is 25.4 Å². The van der Waals surface area contributed by atoms with E-state index in [1.165, 1.54) is 11.1 Å². The third-order valence-electron chi connectivity index (χ3n) is 6.08. The van der Waals surface area contributed by atoms with Crippen molar-refractivity contribution in [3.05, 3.63) is 68.5 Å². The molecule has 3 N–H and O–H groups in total. The molecule has 34 heavy (non-hydrogen) atoms. The van der Waals surface area contributed by atoms with Gasteiger partial charge in [-0.1, -0.05) is 25.0 Å². The van der Waals surface area contributed by atoms with Gasteiger partial charge in [0.25, 0.3) is 17.4 Å². The van der Waals surface area contributed by atoms with Gasteiger partial charge < -0.3 is 19.7 Å². The summed E-state index contributed by atoms with van der Waals surface area (Å²) in [5.41, 5.74) is -0.381. The molecule has 1 aromatic heterocycles. The van der Waals surface area contributed by atoms with Crippen molar-refractivity contribution < 1.29 is 29.3 Å².